The van der Waals surface area contributed by atoms with Gasteiger partial charge >= 0.3 is 0 Å². The summed E-state index contributed by atoms with van der Waals surface area (Å²) in [6.07, 6.45) is 1.86. The van der Waals surface area contributed by atoms with Crippen molar-refractivity contribution >= 4 is 88.4 Å². The molecule has 0 aliphatic rings. The number of phenolic OH excluding ortho intramolecular Hbond substituents is 1. The zero-order chi connectivity index (χ0) is 54.9. The zero-order valence-corrected chi connectivity index (χ0v) is 47.0. The van der Waals surface area contributed by atoms with Crippen LogP contribution in [0.4, 0.5) is 34.1 Å². The second-order valence-electron chi connectivity index (χ2n) is 22.4. The summed E-state index contributed by atoms with van der Waals surface area (Å²) in [7, 11) is 0. The van der Waals surface area contributed by atoms with E-state index in [1.807, 2.05) is 6.07 Å². The van der Waals surface area contributed by atoms with E-state index < -0.39 is 0 Å². The molecule has 13 rings (SSSR count). The van der Waals surface area contributed by atoms with Crippen LogP contribution in [0.3, 0.4) is 0 Å². The van der Waals surface area contributed by atoms with E-state index >= 15 is 0 Å². The number of benzene rings is 12. The van der Waals surface area contributed by atoms with Crippen molar-refractivity contribution in [2.24, 2.45) is 0 Å². The molecule has 0 atom stereocenters. The number of para-hydroxylation sites is 3. The fraction of sp³-hybridized carbons (Fsp3) is 0.158. The van der Waals surface area contributed by atoms with Crippen LogP contribution in [0.5, 0.6) is 5.75 Å². The third-order valence-corrected chi connectivity index (χ3v) is 16.8. The van der Waals surface area contributed by atoms with Gasteiger partial charge < -0.3 is 19.3 Å². The Morgan fingerprint density at radius 3 is 1.39 bits per heavy atom. The Bertz CT molecular complexity index is 4480. The molecule has 0 fully saturated rings. The minimum atomic E-state index is 0.180. The molecule has 13 aromatic rings. The SMILES string of the molecule is CCc1ccccc1-c1cccc(-c2cccc(N(c3ccc(C)cc3)c3cc(C(C)C)c4ccc5c(N(c6ccc(C)cc6)c6cccc7c6oc6c(-c8ccccc8CC)cccc67)cc(C(C)C)c6ccc3c4c65)c2O)c1. The van der Waals surface area contributed by atoms with Crippen molar-refractivity contribution in [1.82, 2.24) is 0 Å². The van der Waals surface area contributed by atoms with Crippen LogP contribution < -0.4 is 9.80 Å². The van der Waals surface area contributed by atoms with E-state index in [9.17, 15) is 5.11 Å². The van der Waals surface area contributed by atoms with Crippen LogP contribution in [0.25, 0.3) is 87.6 Å². The van der Waals surface area contributed by atoms with Gasteiger partial charge in [0, 0.05) is 44.0 Å². The van der Waals surface area contributed by atoms with Crippen molar-refractivity contribution in [3.63, 3.8) is 0 Å². The number of fused-ring (bicyclic) bond motifs is 3. The van der Waals surface area contributed by atoms with Crippen LogP contribution in [0, 0.1) is 13.8 Å². The first kappa shape index (κ1) is 50.4. The average Bonchev–Trinajstić information content (AvgIpc) is 3.06. The second-order valence-corrected chi connectivity index (χ2v) is 22.4. The summed E-state index contributed by atoms with van der Waals surface area (Å²) in [5.74, 6) is 0.605. The lowest BCUT2D eigenvalue weighted by Gasteiger charge is -2.32. The summed E-state index contributed by atoms with van der Waals surface area (Å²) in [5, 5.41) is 22.3. The molecule has 12 aromatic carbocycles. The van der Waals surface area contributed by atoms with Crippen molar-refractivity contribution in [2.45, 2.75) is 80.1 Å². The summed E-state index contributed by atoms with van der Waals surface area (Å²) in [6, 6.07) is 77.3. The Morgan fingerprint density at radius 1 is 0.375 bits per heavy atom. The van der Waals surface area contributed by atoms with Gasteiger partial charge in [0.25, 0.3) is 0 Å². The number of nitrogens with zero attached hydrogens (tertiary/aromatic N) is 2. The molecule has 0 aliphatic heterocycles. The van der Waals surface area contributed by atoms with Gasteiger partial charge in [0.05, 0.1) is 22.7 Å². The number of hydrogen-bond acceptors (Lipinski definition) is 4. The van der Waals surface area contributed by atoms with E-state index in [1.165, 1.54) is 66.1 Å². The molecule has 0 unspecified atom stereocenters. The number of phenols is 1. The van der Waals surface area contributed by atoms with Gasteiger partial charge in [-0.05, 0) is 159 Å². The molecule has 4 nitrogen and oxygen atoms in total. The molecule has 0 amide bonds. The fourth-order valence-electron chi connectivity index (χ4n) is 12.7. The number of aryl methyl sites for hydroxylation is 4. The van der Waals surface area contributed by atoms with Gasteiger partial charge in [-0.1, -0.05) is 210 Å². The number of furan rings is 1. The molecule has 0 aliphatic carbocycles. The van der Waals surface area contributed by atoms with Crippen molar-refractivity contribution in [3.8, 4) is 39.1 Å². The Balaban J connectivity index is 1.08. The Hall–Kier alpha value is -9.12. The number of hydrogen-bond donors (Lipinski definition) is 1. The molecule has 0 saturated carbocycles. The van der Waals surface area contributed by atoms with Crippen molar-refractivity contribution in [1.29, 1.82) is 0 Å². The summed E-state index contributed by atoms with van der Waals surface area (Å²) in [5.41, 5.74) is 21.4. The van der Waals surface area contributed by atoms with Crippen molar-refractivity contribution < 1.29 is 9.52 Å². The number of anilines is 6. The minimum absolute atomic E-state index is 0.180. The summed E-state index contributed by atoms with van der Waals surface area (Å²) < 4.78 is 7.31. The summed E-state index contributed by atoms with van der Waals surface area (Å²) in [4.78, 5) is 4.74. The van der Waals surface area contributed by atoms with Gasteiger partial charge in [0.1, 0.15) is 11.3 Å². The predicted molar refractivity (Wildman–Crippen MR) is 341 cm³/mol. The molecule has 0 bridgehead atoms. The predicted octanol–water partition coefficient (Wildman–Crippen LogP) is 22.1. The minimum Gasteiger partial charge on any atom is -0.505 e. The normalized spacial score (nSPS) is 11.9. The van der Waals surface area contributed by atoms with Crippen LogP contribution in [0.15, 0.2) is 217 Å². The monoisotopic (exact) mass is 1040 g/mol. The first-order valence-corrected chi connectivity index (χ1v) is 28.6. The molecular weight excluding hydrogens is 973 g/mol. The fourth-order valence-corrected chi connectivity index (χ4v) is 12.7. The molecule has 392 valence electrons. The molecule has 1 N–H and O–H groups in total. The molecule has 0 saturated heterocycles. The first-order chi connectivity index (χ1) is 39.0. The highest BCUT2D eigenvalue weighted by Crippen LogP contribution is 2.54. The molecule has 80 heavy (non-hydrogen) atoms. The number of aromatic hydroxyl groups is 1. The third kappa shape index (κ3) is 8.36. The van der Waals surface area contributed by atoms with E-state index in [0.29, 0.717) is 5.69 Å². The van der Waals surface area contributed by atoms with Gasteiger partial charge in [-0.15, -0.1) is 0 Å². The van der Waals surface area contributed by atoms with E-state index in [0.717, 1.165) is 96.2 Å². The largest absolute Gasteiger partial charge is 0.505 e. The quantitative estimate of drug-likeness (QED) is 0.117. The van der Waals surface area contributed by atoms with E-state index in [2.05, 4.69) is 271 Å². The van der Waals surface area contributed by atoms with E-state index in [1.54, 1.807) is 0 Å². The Kier molecular flexibility index (Phi) is 12.8. The molecule has 0 radical (unpaired) electrons. The topological polar surface area (TPSA) is 39.9 Å². The molecule has 0 spiro atoms. The zero-order valence-electron chi connectivity index (χ0n) is 47.0. The van der Waals surface area contributed by atoms with Gasteiger partial charge in [-0.3, -0.25) is 0 Å². The van der Waals surface area contributed by atoms with E-state index in [4.69, 9.17) is 4.42 Å². The average molecular weight is 1040 g/mol. The van der Waals surface area contributed by atoms with Gasteiger partial charge in [-0.25, -0.2) is 0 Å². The maximum absolute atomic E-state index is 13.0. The van der Waals surface area contributed by atoms with Crippen LogP contribution in [0.2, 0.25) is 0 Å². The standard InChI is InChI=1S/C76H66N2O2/c1-9-50-19-11-13-23-56(50)52-21-15-22-53(43-52)58-25-17-29-68(74(58)79)77(54-35-31-48(7)32-36-54)70-44-66(46(3)4)59-40-42-65-71(45-67(47(5)6)60-39-41-64(70)72(59)73(60)65)78(55-37-33-49(8)34-38-55)69-30-18-28-63-62-27-16-26-61(75(62)80-76(63)69)57-24-14-12-20-51(57)10-2/h11-47,79H,9-10H2,1-8H3. The van der Waals surface area contributed by atoms with Crippen molar-refractivity contribution in [3.05, 3.63) is 246 Å². The van der Waals surface area contributed by atoms with Crippen LogP contribution in [-0.4, -0.2) is 5.11 Å². The third-order valence-electron chi connectivity index (χ3n) is 16.8. The number of rotatable bonds is 13. The summed E-state index contributed by atoms with van der Waals surface area (Å²) >= 11 is 0. The Labute approximate surface area is 470 Å². The second kappa shape index (κ2) is 20.3. The lowest BCUT2D eigenvalue weighted by atomic mass is 9.84. The lowest BCUT2D eigenvalue weighted by molar-refractivity contribution is 0.478. The lowest BCUT2D eigenvalue weighted by Crippen LogP contribution is -2.13. The highest BCUT2D eigenvalue weighted by Gasteiger charge is 2.29. The highest BCUT2D eigenvalue weighted by molar-refractivity contribution is 6.30. The van der Waals surface area contributed by atoms with Gasteiger partial charge in [-0.2, -0.15) is 0 Å². The van der Waals surface area contributed by atoms with E-state index in [-0.39, 0.29) is 17.6 Å². The molecule has 1 aromatic heterocycles. The maximum Gasteiger partial charge on any atom is 0.159 e. The van der Waals surface area contributed by atoms with Crippen LogP contribution in [0.1, 0.15) is 86.8 Å². The van der Waals surface area contributed by atoms with Crippen LogP contribution >= 0.6 is 0 Å². The molecular formula is C76H66N2O2. The Morgan fingerprint density at radius 2 is 0.812 bits per heavy atom. The maximum atomic E-state index is 13.0. The first-order valence-electron chi connectivity index (χ1n) is 28.6. The van der Waals surface area contributed by atoms with Crippen molar-refractivity contribution in [2.75, 3.05) is 9.80 Å². The van der Waals surface area contributed by atoms with Crippen LogP contribution in [-0.2, 0) is 12.8 Å². The van der Waals surface area contributed by atoms with Gasteiger partial charge in [0.2, 0.25) is 0 Å². The smallest absolute Gasteiger partial charge is 0.159 e. The highest BCUT2D eigenvalue weighted by atomic mass is 16.3. The molecule has 1 heterocycles. The van der Waals surface area contributed by atoms with Gasteiger partial charge in [0.15, 0.2) is 5.58 Å². The molecule has 4 heteroatoms. The summed E-state index contributed by atoms with van der Waals surface area (Å²) in [6.45, 7) is 18.0.